The van der Waals surface area contributed by atoms with Crippen LogP contribution in [0.3, 0.4) is 0 Å². The van der Waals surface area contributed by atoms with Gasteiger partial charge in [-0.1, -0.05) is 0 Å². The molecule has 0 saturated heterocycles. The molecular weight excluding hydrogens is 316 g/mol. The fourth-order valence-corrected chi connectivity index (χ4v) is 1.62. The molecule has 0 atom stereocenters. The molecule has 1 aromatic rings. The van der Waals surface area contributed by atoms with Crippen molar-refractivity contribution >= 4 is 17.8 Å². The molecule has 0 aliphatic rings. The number of carbonyl (C=O) groups is 3. The zero-order chi connectivity index (χ0) is 17.8. The maximum Gasteiger partial charge on any atom is 0.344 e. The number of nitrogens with one attached hydrogen (secondary N) is 2. The highest BCUT2D eigenvalue weighted by Crippen LogP contribution is 2.17. The average molecular weight is 338 g/mol. The average Bonchev–Trinajstić information content (AvgIpc) is 2.58. The third kappa shape index (κ3) is 8.02. The molecule has 2 amide bonds. The number of hydrogen-bond acceptors (Lipinski definition) is 6. The first-order valence-corrected chi connectivity index (χ1v) is 7.59. The summed E-state index contributed by atoms with van der Waals surface area (Å²) < 4.78 is 15.3. The summed E-state index contributed by atoms with van der Waals surface area (Å²) in [4.78, 5) is 34.1. The van der Waals surface area contributed by atoms with E-state index in [1.165, 1.54) is 0 Å². The molecule has 0 aliphatic carbocycles. The number of ether oxygens (including phenoxy) is 3. The Morgan fingerprint density at radius 2 is 1.50 bits per heavy atom. The number of rotatable bonds is 10. The van der Waals surface area contributed by atoms with E-state index in [0.29, 0.717) is 24.7 Å². The van der Waals surface area contributed by atoms with E-state index >= 15 is 0 Å². The summed E-state index contributed by atoms with van der Waals surface area (Å²) in [5.41, 5.74) is 0. The summed E-state index contributed by atoms with van der Waals surface area (Å²) in [6, 6.07) is 6.77. The highest BCUT2D eigenvalue weighted by molar-refractivity contribution is 5.86. The van der Waals surface area contributed by atoms with Crippen LogP contribution in [0, 0.1) is 0 Å². The molecule has 1 rings (SSSR count). The van der Waals surface area contributed by atoms with Gasteiger partial charge < -0.3 is 24.8 Å². The lowest BCUT2D eigenvalue weighted by molar-refractivity contribution is -0.150. The normalized spacial score (nSPS) is 9.75. The Morgan fingerprint density at radius 3 is 2.08 bits per heavy atom. The van der Waals surface area contributed by atoms with Crippen LogP contribution in [-0.2, 0) is 19.1 Å². The lowest BCUT2D eigenvalue weighted by Gasteiger charge is -2.08. The lowest BCUT2D eigenvalue weighted by atomic mass is 10.3. The van der Waals surface area contributed by atoms with Gasteiger partial charge in [-0.15, -0.1) is 0 Å². The minimum absolute atomic E-state index is 0.160. The maximum atomic E-state index is 11.5. The molecule has 2 N–H and O–H groups in total. The van der Waals surface area contributed by atoms with Gasteiger partial charge in [0.15, 0.2) is 13.2 Å². The summed E-state index contributed by atoms with van der Waals surface area (Å²) in [5, 5.41) is 4.86. The maximum absolute atomic E-state index is 11.5. The highest BCUT2D eigenvalue weighted by Gasteiger charge is 2.09. The van der Waals surface area contributed by atoms with Gasteiger partial charge in [-0.25, -0.2) is 4.79 Å². The van der Waals surface area contributed by atoms with E-state index in [2.05, 4.69) is 10.6 Å². The van der Waals surface area contributed by atoms with Crippen LogP contribution < -0.4 is 20.1 Å². The van der Waals surface area contributed by atoms with Crippen molar-refractivity contribution in [2.75, 3.05) is 32.9 Å². The van der Waals surface area contributed by atoms with Crippen LogP contribution in [-0.4, -0.2) is 50.7 Å². The number of carbonyl (C=O) groups excluding carboxylic acids is 3. The smallest absolute Gasteiger partial charge is 0.344 e. The largest absolute Gasteiger partial charge is 0.494 e. The molecule has 0 aliphatic heterocycles. The predicted molar refractivity (Wildman–Crippen MR) is 85.8 cm³/mol. The van der Waals surface area contributed by atoms with Gasteiger partial charge in [0, 0.05) is 6.54 Å². The molecule has 0 saturated carbocycles. The number of hydrogen-bond donors (Lipinski definition) is 2. The van der Waals surface area contributed by atoms with Crippen LogP contribution in [0.25, 0.3) is 0 Å². The molecule has 0 fully saturated rings. The number of esters is 1. The number of amides is 2. The number of likely N-dealkylation sites (N-methyl/N-ethyl adjacent to an activating group) is 1. The topological polar surface area (TPSA) is 103 Å². The van der Waals surface area contributed by atoms with Gasteiger partial charge in [0.25, 0.3) is 5.91 Å². The molecular formula is C16H22N2O6. The van der Waals surface area contributed by atoms with Crippen molar-refractivity contribution in [2.24, 2.45) is 0 Å². The highest BCUT2D eigenvalue weighted by atomic mass is 16.6. The van der Waals surface area contributed by atoms with Crippen molar-refractivity contribution in [3.8, 4) is 11.5 Å². The fraction of sp³-hybridized carbons (Fsp3) is 0.438. The van der Waals surface area contributed by atoms with Crippen LogP contribution >= 0.6 is 0 Å². The Balaban J connectivity index is 2.21. The first-order chi connectivity index (χ1) is 11.5. The lowest BCUT2D eigenvalue weighted by Crippen LogP contribution is -2.38. The standard InChI is InChI=1S/C16H22N2O6/c1-3-17-14(19)9-18-15(20)10-24-16(21)11-23-13-7-5-12(6-8-13)22-4-2/h5-8H,3-4,9-11H2,1-2H3,(H,17,19)(H,18,20). The second-order valence-corrected chi connectivity index (χ2v) is 4.58. The van der Waals surface area contributed by atoms with Crippen LogP contribution in [0.5, 0.6) is 11.5 Å². The molecule has 0 spiro atoms. The molecule has 0 aromatic heterocycles. The zero-order valence-electron chi connectivity index (χ0n) is 13.8. The van der Waals surface area contributed by atoms with Gasteiger partial charge in [-0.05, 0) is 38.1 Å². The van der Waals surface area contributed by atoms with E-state index in [9.17, 15) is 14.4 Å². The van der Waals surface area contributed by atoms with Crippen molar-refractivity contribution in [3.63, 3.8) is 0 Å². The van der Waals surface area contributed by atoms with Gasteiger partial charge in [-0.2, -0.15) is 0 Å². The Kier molecular flexibility index (Phi) is 8.73. The van der Waals surface area contributed by atoms with E-state index in [4.69, 9.17) is 14.2 Å². The second-order valence-electron chi connectivity index (χ2n) is 4.58. The summed E-state index contributed by atoms with van der Waals surface area (Å²) in [5.74, 6) is -0.365. The molecule has 0 bridgehead atoms. The predicted octanol–water partition coefficient (Wildman–Crippen LogP) is 0.260. The minimum Gasteiger partial charge on any atom is -0.494 e. The van der Waals surface area contributed by atoms with Crippen molar-refractivity contribution in [1.29, 1.82) is 0 Å². The van der Waals surface area contributed by atoms with Crippen molar-refractivity contribution in [1.82, 2.24) is 10.6 Å². The molecule has 24 heavy (non-hydrogen) atoms. The number of benzene rings is 1. The second kappa shape index (κ2) is 10.9. The molecule has 0 heterocycles. The third-order valence-electron chi connectivity index (χ3n) is 2.68. The van der Waals surface area contributed by atoms with Crippen LogP contribution in [0.15, 0.2) is 24.3 Å². The molecule has 8 nitrogen and oxygen atoms in total. The van der Waals surface area contributed by atoms with E-state index in [1.54, 1.807) is 31.2 Å². The Bertz CT molecular complexity index is 544. The Hall–Kier alpha value is -2.77. The summed E-state index contributed by atoms with van der Waals surface area (Å²) in [7, 11) is 0. The van der Waals surface area contributed by atoms with Crippen molar-refractivity contribution in [3.05, 3.63) is 24.3 Å². The van der Waals surface area contributed by atoms with E-state index in [0.717, 1.165) is 0 Å². The van der Waals surface area contributed by atoms with Gasteiger partial charge >= 0.3 is 5.97 Å². The van der Waals surface area contributed by atoms with Gasteiger partial charge in [-0.3, -0.25) is 9.59 Å². The summed E-state index contributed by atoms with van der Waals surface area (Å²) >= 11 is 0. The molecule has 1 aromatic carbocycles. The monoisotopic (exact) mass is 338 g/mol. The van der Waals surface area contributed by atoms with Gasteiger partial charge in [0.2, 0.25) is 5.91 Å². The Labute approximate surface area is 140 Å². The van der Waals surface area contributed by atoms with E-state index in [1.807, 2.05) is 6.92 Å². The summed E-state index contributed by atoms with van der Waals surface area (Å²) in [6.07, 6.45) is 0. The van der Waals surface area contributed by atoms with Gasteiger partial charge in [0.05, 0.1) is 13.2 Å². The minimum atomic E-state index is -0.683. The molecule has 8 heteroatoms. The summed E-state index contributed by atoms with van der Waals surface area (Å²) in [6.45, 7) is 3.75. The SMILES string of the molecule is CCNC(=O)CNC(=O)COC(=O)COc1ccc(OCC)cc1. The van der Waals surface area contributed by atoms with Crippen LogP contribution in [0.2, 0.25) is 0 Å². The molecule has 0 unspecified atom stereocenters. The zero-order valence-corrected chi connectivity index (χ0v) is 13.8. The first-order valence-electron chi connectivity index (χ1n) is 7.59. The van der Waals surface area contributed by atoms with Crippen LogP contribution in [0.4, 0.5) is 0 Å². The van der Waals surface area contributed by atoms with Crippen molar-refractivity contribution in [2.45, 2.75) is 13.8 Å². The van der Waals surface area contributed by atoms with Crippen LogP contribution in [0.1, 0.15) is 13.8 Å². The first kappa shape index (κ1) is 19.3. The Morgan fingerprint density at radius 1 is 0.875 bits per heavy atom. The van der Waals surface area contributed by atoms with E-state index < -0.39 is 18.5 Å². The van der Waals surface area contributed by atoms with Gasteiger partial charge in [0.1, 0.15) is 11.5 Å². The molecule has 132 valence electrons. The molecule has 0 radical (unpaired) electrons. The van der Waals surface area contributed by atoms with Crippen molar-refractivity contribution < 1.29 is 28.6 Å². The quantitative estimate of drug-likeness (QED) is 0.593. The fourth-order valence-electron chi connectivity index (χ4n) is 1.62. The van der Waals surface area contributed by atoms with E-state index in [-0.39, 0.29) is 19.1 Å². The third-order valence-corrected chi connectivity index (χ3v) is 2.68.